The number of methoxy groups -OCH3 is 1. The maximum absolute atomic E-state index is 13.8. The van der Waals surface area contributed by atoms with Crippen LogP contribution in [0.25, 0.3) is 0 Å². The van der Waals surface area contributed by atoms with Gasteiger partial charge in [-0.3, -0.25) is 9.52 Å². The van der Waals surface area contributed by atoms with Crippen LogP contribution in [0.15, 0.2) is 65.6 Å². The minimum Gasteiger partial charge on any atom is -0.497 e. The maximum atomic E-state index is 13.8. The van der Waals surface area contributed by atoms with Gasteiger partial charge in [-0.15, -0.1) is 0 Å². The lowest BCUT2D eigenvalue weighted by molar-refractivity contribution is 0.0371. The predicted octanol–water partition coefficient (Wildman–Crippen LogP) is 3.61. The highest BCUT2D eigenvalue weighted by Crippen LogP contribution is 2.35. The minimum atomic E-state index is -3.98. The van der Waals surface area contributed by atoms with Crippen molar-refractivity contribution >= 4 is 33.3 Å². The SMILES string of the molecule is COc1ccc(S(=O)(=O)Nc2ccc3c(c2)C(=O)N([C@@H](C)CO)C[C@H](C)[C@H](CN(C)C(=O)Nc2ccc4c(c2)OCO4)O3)cc1. The Morgan fingerprint density at radius 2 is 1.76 bits per heavy atom. The van der Waals surface area contributed by atoms with Gasteiger partial charge in [0.15, 0.2) is 11.5 Å². The number of urea groups is 1. The fraction of sp³-hybridized carbons (Fsp3) is 0.355. The number of nitrogens with zero attached hydrogens (tertiary/aromatic N) is 2. The Kier molecular flexibility index (Phi) is 9.25. The van der Waals surface area contributed by atoms with Gasteiger partial charge in [0.1, 0.15) is 17.6 Å². The summed E-state index contributed by atoms with van der Waals surface area (Å²) in [5.74, 6) is 1.21. The van der Waals surface area contributed by atoms with Crippen LogP contribution in [-0.4, -0.2) is 88.1 Å². The van der Waals surface area contributed by atoms with E-state index in [1.807, 2.05) is 6.92 Å². The molecule has 0 radical (unpaired) electrons. The van der Waals surface area contributed by atoms with Crippen LogP contribution in [0, 0.1) is 5.92 Å². The summed E-state index contributed by atoms with van der Waals surface area (Å²) in [5.41, 5.74) is 0.810. The van der Waals surface area contributed by atoms with Gasteiger partial charge in [-0.1, -0.05) is 6.92 Å². The number of benzene rings is 3. The molecule has 0 saturated heterocycles. The number of hydrogen-bond donors (Lipinski definition) is 3. The van der Waals surface area contributed by atoms with Crippen molar-refractivity contribution in [3.8, 4) is 23.0 Å². The van der Waals surface area contributed by atoms with Gasteiger partial charge in [0.2, 0.25) is 6.79 Å². The van der Waals surface area contributed by atoms with Crippen molar-refractivity contribution in [2.75, 3.05) is 50.7 Å². The number of aliphatic hydroxyl groups excluding tert-OH is 1. The molecule has 45 heavy (non-hydrogen) atoms. The second-order valence-corrected chi connectivity index (χ2v) is 12.7. The van der Waals surface area contributed by atoms with Crippen molar-refractivity contribution in [3.63, 3.8) is 0 Å². The number of anilines is 2. The Morgan fingerprint density at radius 1 is 1.07 bits per heavy atom. The first-order chi connectivity index (χ1) is 21.5. The van der Waals surface area contributed by atoms with Gasteiger partial charge in [-0.2, -0.15) is 0 Å². The number of aliphatic hydroxyl groups is 1. The monoisotopic (exact) mass is 640 g/mol. The lowest BCUT2D eigenvalue weighted by Gasteiger charge is -2.38. The van der Waals surface area contributed by atoms with E-state index in [-0.39, 0.29) is 60.3 Å². The molecule has 2 heterocycles. The lowest BCUT2D eigenvalue weighted by Crippen LogP contribution is -2.50. The smallest absolute Gasteiger partial charge is 0.321 e. The average Bonchev–Trinajstić information content (AvgIpc) is 3.50. The van der Waals surface area contributed by atoms with E-state index >= 15 is 0 Å². The third-order valence-electron chi connectivity index (χ3n) is 7.71. The largest absolute Gasteiger partial charge is 0.497 e. The number of rotatable bonds is 9. The number of amides is 3. The van der Waals surface area contributed by atoms with Crippen LogP contribution in [0.2, 0.25) is 0 Å². The summed E-state index contributed by atoms with van der Waals surface area (Å²) in [4.78, 5) is 29.9. The molecule has 0 aliphatic carbocycles. The van der Waals surface area contributed by atoms with Gasteiger partial charge in [0, 0.05) is 37.0 Å². The van der Waals surface area contributed by atoms with Crippen molar-refractivity contribution < 1.29 is 42.1 Å². The van der Waals surface area contributed by atoms with Crippen LogP contribution in [0.3, 0.4) is 0 Å². The highest BCUT2D eigenvalue weighted by atomic mass is 32.2. The number of nitrogens with one attached hydrogen (secondary N) is 2. The topological polar surface area (TPSA) is 156 Å². The van der Waals surface area contributed by atoms with Crippen molar-refractivity contribution in [1.82, 2.24) is 9.80 Å². The van der Waals surface area contributed by atoms with Gasteiger partial charge in [0.25, 0.3) is 15.9 Å². The number of fused-ring (bicyclic) bond motifs is 2. The van der Waals surface area contributed by atoms with Gasteiger partial charge in [-0.25, -0.2) is 13.2 Å². The van der Waals surface area contributed by atoms with Gasteiger partial charge >= 0.3 is 6.03 Å². The normalized spacial score (nSPS) is 18.2. The van der Waals surface area contributed by atoms with Crippen molar-refractivity contribution in [2.24, 2.45) is 5.92 Å². The average molecular weight is 641 g/mol. The van der Waals surface area contributed by atoms with E-state index in [9.17, 15) is 23.1 Å². The molecule has 2 aliphatic heterocycles. The molecular weight excluding hydrogens is 604 g/mol. The lowest BCUT2D eigenvalue weighted by atomic mass is 9.99. The van der Waals surface area contributed by atoms with Gasteiger partial charge < -0.3 is 39.2 Å². The summed E-state index contributed by atoms with van der Waals surface area (Å²) in [6.45, 7) is 3.86. The summed E-state index contributed by atoms with van der Waals surface area (Å²) < 4.78 is 50.9. The highest BCUT2D eigenvalue weighted by Gasteiger charge is 2.34. The van der Waals surface area contributed by atoms with Gasteiger partial charge in [0.05, 0.1) is 36.8 Å². The quantitative estimate of drug-likeness (QED) is 0.318. The molecule has 3 aromatic rings. The second-order valence-electron chi connectivity index (χ2n) is 11.0. The summed E-state index contributed by atoms with van der Waals surface area (Å²) in [5, 5.41) is 12.8. The van der Waals surface area contributed by atoms with E-state index in [0.29, 0.717) is 22.9 Å². The minimum absolute atomic E-state index is 0.0177. The summed E-state index contributed by atoms with van der Waals surface area (Å²) in [6, 6.07) is 14.5. The third kappa shape index (κ3) is 7.02. The molecule has 0 spiro atoms. The maximum Gasteiger partial charge on any atom is 0.321 e. The summed E-state index contributed by atoms with van der Waals surface area (Å²) in [7, 11) is -0.866. The molecule has 0 unspecified atom stereocenters. The van der Waals surface area contributed by atoms with E-state index in [1.54, 1.807) is 32.2 Å². The first kappa shape index (κ1) is 31.7. The predicted molar refractivity (Wildman–Crippen MR) is 166 cm³/mol. The molecule has 2 aliphatic rings. The Balaban J connectivity index is 1.38. The first-order valence-electron chi connectivity index (χ1n) is 14.3. The zero-order valence-corrected chi connectivity index (χ0v) is 26.2. The zero-order chi connectivity index (χ0) is 32.3. The fourth-order valence-electron chi connectivity index (χ4n) is 5.02. The van der Waals surface area contributed by atoms with E-state index in [0.717, 1.165) is 0 Å². The van der Waals surface area contributed by atoms with Crippen molar-refractivity contribution in [1.29, 1.82) is 0 Å². The highest BCUT2D eigenvalue weighted by molar-refractivity contribution is 7.92. The van der Waals surface area contributed by atoms with Crippen LogP contribution < -0.4 is 29.0 Å². The van der Waals surface area contributed by atoms with Crippen molar-refractivity contribution in [2.45, 2.75) is 30.9 Å². The Morgan fingerprint density at radius 3 is 2.47 bits per heavy atom. The molecule has 5 rings (SSSR count). The number of likely N-dealkylation sites (N-methyl/N-ethyl adjacent to an activating group) is 1. The molecule has 14 heteroatoms. The van der Waals surface area contributed by atoms with Crippen LogP contribution in [-0.2, 0) is 10.0 Å². The standard InChI is InChI=1S/C31H36N4O9S/c1-19-15-35(20(2)17-36)30(37)25-13-22(33-45(39,40)24-9-7-23(41-4)8-10-24)6-11-26(25)44-29(19)16-34(3)31(38)32-21-5-12-27-28(14-21)43-18-42-27/h5-14,19-20,29,33,36H,15-18H2,1-4H3,(H,32,38)/t19-,20-,29-/m0/s1. The molecule has 0 aromatic heterocycles. The zero-order valence-electron chi connectivity index (χ0n) is 25.3. The van der Waals surface area contributed by atoms with E-state index in [2.05, 4.69) is 10.0 Å². The van der Waals surface area contributed by atoms with Crippen LogP contribution in [0.1, 0.15) is 24.2 Å². The molecule has 3 aromatic carbocycles. The number of carbonyl (C=O) groups excluding carboxylic acids is 2. The fourth-order valence-corrected chi connectivity index (χ4v) is 6.07. The number of carbonyl (C=O) groups is 2. The van der Waals surface area contributed by atoms with E-state index < -0.39 is 28.1 Å². The molecule has 3 atom stereocenters. The van der Waals surface area contributed by atoms with E-state index in [1.165, 1.54) is 59.4 Å². The molecule has 3 amide bonds. The van der Waals surface area contributed by atoms with Crippen LogP contribution >= 0.6 is 0 Å². The molecule has 240 valence electrons. The van der Waals surface area contributed by atoms with Crippen LogP contribution in [0.5, 0.6) is 23.0 Å². The van der Waals surface area contributed by atoms with Crippen molar-refractivity contribution in [3.05, 3.63) is 66.2 Å². The number of sulfonamides is 1. The molecule has 0 fully saturated rings. The Bertz CT molecular complexity index is 1670. The Hall–Kier alpha value is -4.69. The summed E-state index contributed by atoms with van der Waals surface area (Å²) in [6.07, 6.45) is -0.556. The van der Waals surface area contributed by atoms with E-state index in [4.69, 9.17) is 18.9 Å². The molecule has 13 nitrogen and oxygen atoms in total. The van der Waals surface area contributed by atoms with Crippen LogP contribution in [0.4, 0.5) is 16.2 Å². The number of hydrogen-bond acceptors (Lipinski definition) is 9. The molecular formula is C31H36N4O9S. The number of ether oxygens (including phenoxy) is 4. The summed E-state index contributed by atoms with van der Waals surface area (Å²) >= 11 is 0. The van der Waals surface area contributed by atoms with Gasteiger partial charge in [-0.05, 0) is 61.5 Å². The first-order valence-corrected chi connectivity index (χ1v) is 15.8. The third-order valence-corrected chi connectivity index (χ3v) is 9.11. The second kappa shape index (κ2) is 13.1. The molecule has 3 N–H and O–H groups in total. The molecule has 0 saturated carbocycles. The Labute approximate surface area is 261 Å². The molecule has 0 bridgehead atoms.